The molecule has 1 saturated carbocycles. The van der Waals surface area contributed by atoms with Crippen molar-refractivity contribution in [3.05, 3.63) is 0 Å². The van der Waals surface area contributed by atoms with Crippen LogP contribution in [0.4, 0.5) is 0 Å². The van der Waals surface area contributed by atoms with Gasteiger partial charge in [0.05, 0.1) is 0 Å². The Labute approximate surface area is 77.1 Å². The highest BCUT2D eigenvalue weighted by Gasteiger charge is 2.29. The quantitative estimate of drug-likeness (QED) is 0.614. The van der Waals surface area contributed by atoms with Gasteiger partial charge in [-0.05, 0) is 40.2 Å². The Morgan fingerprint density at radius 3 is 2.00 bits per heavy atom. The summed E-state index contributed by atoms with van der Waals surface area (Å²) in [6, 6.07) is 0.870. The van der Waals surface area contributed by atoms with Crippen LogP contribution in [0.2, 0.25) is 0 Å². The molecule has 0 radical (unpaired) electrons. The van der Waals surface area contributed by atoms with Crippen LogP contribution in [0.5, 0.6) is 0 Å². The van der Waals surface area contributed by atoms with Gasteiger partial charge >= 0.3 is 0 Å². The highest BCUT2D eigenvalue weighted by Crippen LogP contribution is 2.28. The Morgan fingerprint density at radius 2 is 1.67 bits per heavy atom. The summed E-state index contributed by atoms with van der Waals surface area (Å²) in [6.07, 6.45) is 5.73. The Morgan fingerprint density at radius 1 is 1.17 bits per heavy atom. The molecule has 0 spiro atoms. The second-order valence-electron chi connectivity index (χ2n) is 4.90. The van der Waals surface area contributed by atoms with Gasteiger partial charge in [0.15, 0.2) is 0 Å². The molecule has 1 aliphatic rings. The van der Waals surface area contributed by atoms with Crippen LogP contribution < -0.4 is 0 Å². The fourth-order valence-electron chi connectivity index (χ4n) is 2.50. The Kier molecular flexibility index (Phi) is 3.16. The summed E-state index contributed by atoms with van der Waals surface area (Å²) in [5.74, 6) is 0. The van der Waals surface area contributed by atoms with Crippen LogP contribution in [0, 0.1) is 0 Å². The van der Waals surface area contributed by atoms with E-state index in [2.05, 4.69) is 32.6 Å². The maximum absolute atomic E-state index is 2.65. The molecule has 0 heterocycles. The lowest BCUT2D eigenvalue weighted by Crippen LogP contribution is -2.46. The first-order valence-corrected chi connectivity index (χ1v) is 5.32. The predicted octanol–water partition coefficient (Wildman–Crippen LogP) is 3.05. The molecule has 0 unspecified atom stereocenters. The lowest BCUT2D eigenvalue weighted by atomic mass is 10.0. The van der Waals surface area contributed by atoms with Crippen molar-refractivity contribution in [3.63, 3.8) is 0 Å². The van der Waals surface area contributed by atoms with Crippen molar-refractivity contribution in [3.8, 4) is 0 Å². The largest absolute Gasteiger partial charge is 0.296 e. The fourth-order valence-corrected chi connectivity index (χ4v) is 2.50. The van der Waals surface area contributed by atoms with Gasteiger partial charge in [0, 0.05) is 11.6 Å². The average molecular weight is 169 g/mol. The van der Waals surface area contributed by atoms with E-state index in [1.165, 1.54) is 32.2 Å². The fraction of sp³-hybridized carbons (Fsp3) is 1.00. The minimum absolute atomic E-state index is 0.365. The Balaban J connectivity index is 2.54. The van der Waals surface area contributed by atoms with Gasteiger partial charge in [-0.3, -0.25) is 4.90 Å². The molecule has 1 nitrogen and oxygen atoms in total. The summed E-state index contributed by atoms with van der Waals surface area (Å²) in [6.45, 7) is 10.5. The topological polar surface area (TPSA) is 3.24 Å². The van der Waals surface area contributed by atoms with Crippen molar-refractivity contribution in [1.29, 1.82) is 0 Å². The van der Waals surface area contributed by atoms with E-state index in [-0.39, 0.29) is 0 Å². The molecule has 12 heavy (non-hydrogen) atoms. The maximum Gasteiger partial charge on any atom is 0.0127 e. The molecule has 1 heteroatoms. The molecule has 0 N–H and O–H groups in total. The minimum Gasteiger partial charge on any atom is -0.296 e. The smallest absolute Gasteiger partial charge is 0.0127 e. The van der Waals surface area contributed by atoms with Gasteiger partial charge in [-0.1, -0.05) is 19.8 Å². The van der Waals surface area contributed by atoms with Crippen molar-refractivity contribution in [1.82, 2.24) is 4.90 Å². The van der Waals surface area contributed by atoms with Crippen LogP contribution in [0.1, 0.15) is 53.4 Å². The van der Waals surface area contributed by atoms with Gasteiger partial charge in [-0.2, -0.15) is 0 Å². The van der Waals surface area contributed by atoms with E-state index in [0.717, 1.165) is 6.04 Å². The van der Waals surface area contributed by atoms with Crippen molar-refractivity contribution < 1.29 is 0 Å². The first-order valence-electron chi connectivity index (χ1n) is 5.32. The van der Waals surface area contributed by atoms with Crippen molar-refractivity contribution in [2.45, 2.75) is 65.0 Å². The van der Waals surface area contributed by atoms with Gasteiger partial charge < -0.3 is 0 Å². The lowest BCUT2D eigenvalue weighted by molar-refractivity contribution is 0.0914. The zero-order chi connectivity index (χ0) is 9.19. The Bertz CT molecular complexity index is 128. The number of hydrogen-bond donors (Lipinski definition) is 0. The highest BCUT2D eigenvalue weighted by atomic mass is 15.2. The molecule has 0 aromatic heterocycles. The number of hydrogen-bond acceptors (Lipinski definition) is 1. The second-order valence-corrected chi connectivity index (χ2v) is 4.90. The van der Waals surface area contributed by atoms with E-state index in [9.17, 15) is 0 Å². The molecule has 0 bridgehead atoms. The summed E-state index contributed by atoms with van der Waals surface area (Å²) in [4.78, 5) is 2.65. The molecular weight excluding hydrogens is 146 g/mol. The summed E-state index contributed by atoms with van der Waals surface area (Å²) in [5.41, 5.74) is 0.365. The molecule has 0 aromatic rings. The monoisotopic (exact) mass is 169 g/mol. The van der Waals surface area contributed by atoms with Crippen molar-refractivity contribution in [2.75, 3.05) is 6.54 Å². The van der Waals surface area contributed by atoms with Gasteiger partial charge in [0.2, 0.25) is 0 Å². The molecule has 0 aliphatic heterocycles. The summed E-state index contributed by atoms with van der Waals surface area (Å²) >= 11 is 0. The summed E-state index contributed by atoms with van der Waals surface area (Å²) in [5, 5.41) is 0. The number of nitrogens with zero attached hydrogens (tertiary/aromatic N) is 1. The third-order valence-electron chi connectivity index (χ3n) is 2.97. The van der Waals surface area contributed by atoms with Gasteiger partial charge in [-0.15, -0.1) is 0 Å². The van der Waals surface area contributed by atoms with E-state index in [1.54, 1.807) is 0 Å². The molecule has 72 valence electrons. The maximum atomic E-state index is 2.65. The van der Waals surface area contributed by atoms with E-state index >= 15 is 0 Å². The third-order valence-corrected chi connectivity index (χ3v) is 2.97. The summed E-state index contributed by atoms with van der Waals surface area (Å²) in [7, 11) is 0. The first kappa shape index (κ1) is 10.0. The highest BCUT2D eigenvalue weighted by molar-refractivity contribution is 4.85. The molecule has 1 rings (SSSR count). The van der Waals surface area contributed by atoms with E-state index in [4.69, 9.17) is 0 Å². The zero-order valence-corrected chi connectivity index (χ0v) is 9.06. The van der Waals surface area contributed by atoms with Crippen LogP contribution in [-0.4, -0.2) is 23.0 Å². The molecule has 1 fully saturated rings. The summed E-state index contributed by atoms with van der Waals surface area (Å²) < 4.78 is 0. The SMILES string of the molecule is CCN(C1CCCC1)C(C)(C)C. The molecular formula is C11H23N. The van der Waals surface area contributed by atoms with Crippen molar-refractivity contribution >= 4 is 0 Å². The second kappa shape index (κ2) is 3.78. The minimum atomic E-state index is 0.365. The standard InChI is InChI=1S/C11H23N/c1-5-12(11(2,3)4)10-8-6-7-9-10/h10H,5-9H2,1-4H3. The van der Waals surface area contributed by atoms with Gasteiger partial charge in [0.1, 0.15) is 0 Å². The third kappa shape index (κ3) is 2.22. The molecule has 0 aromatic carbocycles. The number of rotatable bonds is 2. The van der Waals surface area contributed by atoms with E-state index in [0.29, 0.717) is 5.54 Å². The van der Waals surface area contributed by atoms with Crippen LogP contribution in [0.15, 0.2) is 0 Å². The van der Waals surface area contributed by atoms with Crippen LogP contribution in [0.25, 0.3) is 0 Å². The Hall–Kier alpha value is -0.0400. The molecule has 1 aliphatic carbocycles. The van der Waals surface area contributed by atoms with E-state index in [1.807, 2.05) is 0 Å². The predicted molar refractivity (Wildman–Crippen MR) is 54.4 cm³/mol. The average Bonchev–Trinajstić information content (AvgIpc) is 2.38. The van der Waals surface area contributed by atoms with Crippen molar-refractivity contribution in [2.24, 2.45) is 0 Å². The lowest BCUT2D eigenvalue weighted by Gasteiger charge is -2.39. The zero-order valence-electron chi connectivity index (χ0n) is 9.06. The normalized spacial score (nSPS) is 20.8. The molecule has 0 amide bonds. The molecule has 0 atom stereocenters. The van der Waals surface area contributed by atoms with Gasteiger partial charge in [0.25, 0.3) is 0 Å². The van der Waals surface area contributed by atoms with Crippen LogP contribution in [-0.2, 0) is 0 Å². The van der Waals surface area contributed by atoms with Gasteiger partial charge in [-0.25, -0.2) is 0 Å². The van der Waals surface area contributed by atoms with Crippen LogP contribution in [0.3, 0.4) is 0 Å². The molecule has 0 saturated heterocycles. The first-order chi connectivity index (χ1) is 5.55. The van der Waals surface area contributed by atoms with E-state index < -0.39 is 0 Å². The van der Waals surface area contributed by atoms with Crippen LogP contribution >= 0.6 is 0 Å².